The average molecular weight is 431 g/mol. The van der Waals surface area contributed by atoms with Crippen molar-refractivity contribution in [1.82, 2.24) is 4.90 Å². The van der Waals surface area contributed by atoms with Crippen molar-refractivity contribution in [3.8, 4) is 0 Å². The Balaban J connectivity index is 0.000000815. The zero-order chi connectivity index (χ0) is 16.8. The Morgan fingerprint density at radius 3 is 2.00 bits per heavy atom. The minimum absolute atomic E-state index is 0.671. The van der Waals surface area contributed by atoms with E-state index in [0.717, 1.165) is 0 Å². The lowest BCUT2D eigenvalue weighted by atomic mass is 9.87. The van der Waals surface area contributed by atoms with Gasteiger partial charge in [0, 0.05) is 12.6 Å². The number of rotatable bonds is 2. The van der Waals surface area contributed by atoms with E-state index in [1.165, 1.54) is 55.5 Å². The van der Waals surface area contributed by atoms with Gasteiger partial charge in [0.25, 0.3) is 0 Å². The maximum Gasteiger partial charge on any atom is 0.0317 e. The van der Waals surface area contributed by atoms with Crippen LogP contribution in [0.2, 0.25) is 0 Å². The first kappa shape index (κ1) is 17.7. The first-order valence-corrected chi connectivity index (χ1v) is 11.0. The van der Waals surface area contributed by atoms with Crippen molar-refractivity contribution >= 4 is 28.2 Å². The summed E-state index contributed by atoms with van der Waals surface area (Å²) < 4.78 is 0. The molecule has 24 heavy (non-hydrogen) atoms. The summed E-state index contributed by atoms with van der Waals surface area (Å²) in [6, 6.07) is 22.6. The molecule has 0 radical (unpaired) electrons. The van der Waals surface area contributed by atoms with E-state index in [4.69, 9.17) is 0 Å². The molecule has 0 aliphatic carbocycles. The number of piperidine rings is 1. The molecule has 0 N–H and O–H groups in total. The minimum Gasteiger partial charge on any atom is -0.296 e. The monoisotopic (exact) mass is 431 g/mol. The van der Waals surface area contributed by atoms with Crippen LogP contribution in [0.15, 0.2) is 66.2 Å². The third-order valence-corrected chi connectivity index (χ3v) is 5.13. The van der Waals surface area contributed by atoms with E-state index >= 15 is 0 Å². The summed E-state index contributed by atoms with van der Waals surface area (Å²) in [6.45, 7) is 2.52. The van der Waals surface area contributed by atoms with Crippen LogP contribution in [-0.2, 0) is 0 Å². The Kier molecular flexibility index (Phi) is 6.50. The van der Waals surface area contributed by atoms with Crippen LogP contribution in [0, 0.1) is 0 Å². The zero-order valence-electron chi connectivity index (χ0n) is 14.4. The van der Waals surface area contributed by atoms with Gasteiger partial charge in [-0.15, -0.1) is 0 Å². The van der Waals surface area contributed by atoms with Gasteiger partial charge in [-0.25, -0.2) is 0 Å². The van der Waals surface area contributed by atoms with E-state index in [1.54, 1.807) is 5.57 Å². The highest BCUT2D eigenvalue weighted by atomic mass is 127. The number of hydrogen-bond acceptors (Lipinski definition) is 1. The smallest absolute Gasteiger partial charge is 0.0317 e. The van der Waals surface area contributed by atoms with Crippen LogP contribution < -0.4 is 0 Å². The van der Waals surface area contributed by atoms with E-state index in [-0.39, 0.29) is 0 Å². The number of alkyl halides is 1. The molecule has 126 valence electrons. The molecular formula is C22H26IN. The summed E-state index contributed by atoms with van der Waals surface area (Å²) in [6.07, 6.45) is 5.31. The third kappa shape index (κ3) is 3.75. The van der Waals surface area contributed by atoms with Gasteiger partial charge in [0.05, 0.1) is 0 Å². The summed E-state index contributed by atoms with van der Waals surface area (Å²) in [5, 5.41) is 0. The molecule has 0 amide bonds. The summed E-state index contributed by atoms with van der Waals surface area (Å²) in [7, 11) is 0. The Morgan fingerprint density at radius 2 is 1.42 bits per heavy atom. The second-order valence-corrected chi connectivity index (χ2v) is 6.43. The zero-order valence-corrected chi connectivity index (χ0v) is 16.6. The summed E-state index contributed by atoms with van der Waals surface area (Å²) >= 11 is 2.15. The van der Waals surface area contributed by atoms with Gasteiger partial charge in [-0.1, -0.05) is 89.7 Å². The first-order chi connectivity index (χ1) is 11.9. The van der Waals surface area contributed by atoms with Crippen LogP contribution in [0.4, 0.5) is 0 Å². The average Bonchev–Trinajstić information content (AvgIpc) is 3.09. The van der Waals surface area contributed by atoms with Crippen molar-refractivity contribution < 1.29 is 0 Å². The number of hydrogen-bond donors (Lipinski definition) is 0. The minimum atomic E-state index is 0.671. The highest BCUT2D eigenvalue weighted by molar-refractivity contribution is 14.1. The summed E-state index contributed by atoms with van der Waals surface area (Å²) in [5.41, 5.74) is 5.89. The van der Waals surface area contributed by atoms with Gasteiger partial charge in [-0.05, 0) is 53.0 Å². The molecule has 2 aromatic carbocycles. The Labute approximate surface area is 159 Å². The van der Waals surface area contributed by atoms with Gasteiger partial charge in [0.1, 0.15) is 0 Å². The highest BCUT2D eigenvalue weighted by Crippen LogP contribution is 2.38. The van der Waals surface area contributed by atoms with Gasteiger partial charge >= 0.3 is 0 Å². The molecular weight excluding hydrogens is 405 g/mol. The Bertz CT molecular complexity index is 621. The first-order valence-electron chi connectivity index (χ1n) is 8.89. The molecule has 2 heteroatoms. The number of benzene rings is 2. The fourth-order valence-electron chi connectivity index (χ4n) is 4.12. The van der Waals surface area contributed by atoms with Crippen LogP contribution in [0.5, 0.6) is 0 Å². The fourth-order valence-corrected chi connectivity index (χ4v) is 4.12. The molecule has 4 rings (SSSR count). The molecule has 2 aliphatic heterocycles. The van der Waals surface area contributed by atoms with Gasteiger partial charge in [-0.3, -0.25) is 4.90 Å². The number of halogens is 1. The molecule has 1 nitrogen and oxygen atoms in total. The van der Waals surface area contributed by atoms with Crippen molar-refractivity contribution in [2.45, 2.75) is 31.7 Å². The predicted molar refractivity (Wildman–Crippen MR) is 113 cm³/mol. The van der Waals surface area contributed by atoms with Crippen LogP contribution in [-0.4, -0.2) is 29.0 Å². The van der Waals surface area contributed by atoms with E-state index in [2.05, 4.69) is 88.2 Å². The summed E-state index contributed by atoms with van der Waals surface area (Å²) in [5.74, 6) is 0. The fraction of sp³-hybridized carbons (Fsp3) is 0.364. The van der Waals surface area contributed by atoms with E-state index in [9.17, 15) is 0 Å². The molecule has 0 aromatic heterocycles. The molecule has 2 fully saturated rings. The Hall–Kier alpha value is -1.13. The predicted octanol–water partition coefficient (Wildman–Crippen LogP) is 5.80. The van der Waals surface area contributed by atoms with Gasteiger partial charge in [-0.2, -0.15) is 0 Å². The largest absolute Gasteiger partial charge is 0.296 e. The number of nitrogens with zero attached hydrogens (tertiary/aromatic N) is 1. The SMILES string of the molecule is CI.c1ccc(C(=C2CCN3CCCCC23)c2ccccc2)cc1. The maximum atomic E-state index is 2.70. The van der Waals surface area contributed by atoms with Gasteiger partial charge in [0.2, 0.25) is 0 Å². The van der Waals surface area contributed by atoms with E-state index in [1.807, 2.05) is 4.93 Å². The Morgan fingerprint density at radius 1 is 0.833 bits per heavy atom. The number of fused-ring (bicyclic) bond motifs is 1. The van der Waals surface area contributed by atoms with Crippen LogP contribution in [0.25, 0.3) is 5.57 Å². The van der Waals surface area contributed by atoms with Crippen molar-refractivity contribution in [1.29, 1.82) is 0 Å². The van der Waals surface area contributed by atoms with Crippen molar-refractivity contribution in [2.75, 3.05) is 18.0 Å². The topological polar surface area (TPSA) is 3.24 Å². The standard InChI is InChI=1S/C21H23N.CH3I/c1-3-9-17(10-4-1)21(18-11-5-2-6-12-18)19-14-16-22-15-8-7-13-20(19)22;1-2/h1-6,9-12,20H,7-8,13-16H2;1H3. The summed E-state index contributed by atoms with van der Waals surface area (Å²) in [4.78, 5) is 4.67. The van der Waals surface area contributed by atoms with Crippen LogP contribution in [0.3, 0.4) is 0 Å². The van der Waals surface area contributed by atoms with Crippen LogP contribution >= 0.6 is 22.6 Å². The van der Waals surface area contributed by atoms with Crippen molar-refractivity contribution in [2.24, 2.45) is 0 Å². The molecule has 2 saturated heterocycles. The van der Waals surface area contributed by atoms with Crippen molar-refractivity contribution in [3.05, 3.63) is 77.4 Å². The third-order valence-electron chi connectivity index (χ3n) is 5.13. The van der Waals surface area contributed by atoms with Gasteiger partial charge in [0.15, 0.2) is 0 Å². The normalized spacial score (nSPS) is 20.1. The van der Waals surface area contributed by atoms with Crippen LogP contribution in [0.1, 0.15) is 36.8 Å². The lowest BCUT2D eigenvalue weighted by Crippen LogP contribution is -2.34. The molecule has 2 aromatic rings. The second kappa shape index (κ2) is 8.82. The molecule has 1 atom stereocenters. The second-order valence-electron chi connectivity index (χ2n) is 6.43. The molecule has 2 aliphatic rings. The molecule has 0 saturated carbocycles. The van der Waals surface area contributed by atoms with E-state index in [0.29, 0.717) is 6.04 Å². The molecule has 0 bridgehead atoms. The maximum absolute atomic E-state index is 2.70. The molecule has 2 heterocycles. The van der Waals surface area contributed by atoms with E-state index < -0.39 is 0 Å². The lowest BCUT2D eigenvalue weighted by Gasteiger charge is -2.31. The molecule has 1 unspecified atom stereocenters. The highest BCUT2D eigenvalue weighted by Gasteiger charge is 2.33. The lowest BCUT2D eigenvalue weighted by molar-refractivity contribution is 0.213. The quantitative estimate of drug-likeness (QED) is 0.429. The van der Waals surface area contributed by atoms with Gasteiger partial charge < -0.3 is 0 Å². The van der Waals surface area contributed by atoms with Crippen molar-refractivity contribution in [3.63, 3.8) is 0 Å². The molecule has 0 spiro atoms.